The Labute approximate surface area is 351 Å². The molecule has 8 aromatic rings. The van der Waals surface area contributed by atoms with E-state index in [1.165, 1.54) is 91.7 Å². The fraction of sp³-hybridized carbons (Fsp3) is 0.216. The van der Waals surface area contributed by atoms with Crippen LogP contribution in [0.1, 0.15) is 48.8 Å². The molecule has 5 heteroatoms. The van der Waals surface area contributed by atoms with E-state index in [1.54, 1.807) is 0 Å². The molecule has 1 saturated carbocycles. The molecule has 0 spiro atoms. The van der Waals surface area contributed by atoms with E-state index < -0.39 is 8.07 Å². The van der Waals surface area contributed by atoms with Gasteiger partial charge < -0.3 is 9.97 Å². The first-order valence-corrected chi connectivity index (χ1v) is 24.1. The molecule has 1 radical (unpaired) electrons. The van der Waals surface area contributed by atoms with Crippen molar-refractivity contribution in [1.29, 1.82) is 0 Å². The summed E-state index contributed by atoms with van der Waals surface area (Å²) in [5.74, 6) is 0.827. The Morgan fingerprint density at radius 3 is 2.20 bits per heavy atom. The van der Waals surface area contributed by atoms with Crippen molar-refractivity contribution in [1.82, 2.24) is 9.97 Å². The van der Waals surface area contributed by atoms with Crippen LogP contribution in [0.3, 0.4) is 0 Å². The van der Waals surface area contributed by atoms with Crippen LogP contribution in [-0.4, -0.2) is 18.0 Å². The van der Waals surface area contributed by atoms with Gasteiger partial charge in [0.05, 0.1) is 8.07 Å². The van der Waals surface area contributed by atoms with Crippen LogP contribution in [0.2, 0.25) is 19.6 Å². The maximum absolute atomic E-state index is 4.80. The maximum atomic E-state index is 4.80. The molecule has 0 aliphatic heterocycles. The van der Waals surface area contributed by atoms with Gasteiger partial charge in [-0.3, -0.25) is 0 Å². The van der Waals surface area contributed by atoms with Crippen molar-refractivity contribution in [2.24, 2.45) is 5.92 Å². The minimum Gasteiger partial charge on any atom is -0.305 e. The van der Waals surface area contributed by atoms with Gasteiger partial charge in [0.15, 0.2) is 0 Å². The minimum atomic E-state index is -1.43. The summed E-state index contributed by atoms with van der Waals surface area (Å²) in [7, 11) is -1.43. The summed E-state index contributed by atoms with van der Waals surface area (Å²) in [6.45, 7) is 7.15. The van der Waals surface area contributed by atoms with Crippen LogP contribution in [0.4, 0.5) is 0 Å². The number of hydrogen-bond donors (Lipinski definition) is 0. The second-order valence-corrected chi connectivity index (χ2v) is 22.0. The van der Waals surface area contributed by atoms with Crippen LogP contribution in [0.15, 0.2) is 146 Å². The molecule has 1 aliphatic rings. The summed E-state index contributed by atoms with van der Waals surface area (Å²) in [6, 6.07) is 54.0. The van der Waals surface area contributed by atoms with E-state index in [-0.39, 0.29) is 20.1 Å². The predicted molar refractivity (Wildman–Crippen MR) is 238 cm³/mol. The van der Waals surface area contributed by atoms with Crippen LogP contribution >= 0.6 is 11.3 Å². The minimum absolute atomic E-state index is 0. The third kappa shape index (κ3) is 9.19. The van der Waals surface area contributed by atoms with Crippen LogP contribution in [0.5, 0.6) is 0 Å². The number of aromatic nitrogens is 2. The molecule has 3 aromatic heterocycles. The van der Waals surface area contributed by atoms with Crippen LogP contribution < -0.4 is 5.19 Å². The van der Waals surface area contributed by atoms with Crippen molar-refractivity contribution in [3.8, 4) is 33.6 Å². The molecule has 9 rings (SSSR count). The van der Waals surface area contributed by atoms with Gasteiger partial charge in [0.25, 0.3) is 0 Å². The number of nitrogens with zero attached hydrogens (tertiary/aromatic N) is 2. The summed E-state index contributed by atoms with van der Waals surface area (Å²) < 4.78 is 2.61. The van der Waals surface area contributed by atoms with E-state index in [4.69, 9.17) is 9.97 Å². The van der Waals surface area contributed by atoms with Crippen molar-refractivity contribution >= 4 is 44.8 Å². The Balaban J connectivity index is 0.000000178. The van der Waals surface area contributed by atoms with E-state index in [1.807, 2.05) is 35.7 Å². The van der Waals surface area contributed by atoms with Gasteiger partial charge in [0, 0.05) is 37.2 Å². The molecule has 0 N–H and O–H groups in total. The molecule has 0 unspecified atom stereocenters. The Morgan fingerprint density at radius 1 is 0.714 bits per heavy atom. The van der Waals surface area contributed by atoms with Gasteiger partial charge in [-0.15, -0.1) is 53.6 Å². The summed E-state index contributed by atoms with van der Waals surface area (Å²) in [5.41, 5.74) is 10.9. The largest absolute Gasteiger partial charge is 0.305 e. The van der Waals surface area contributed by atoms with Crippen molar-refractivity contribution in [2.75, 3.05) is 0 Å². The van der Waals surface area contributed by atoms with Crippen molar-refractivity contribution in [3.05, 3.63) is 175 Å². The number of hydrogen-bond acceptors (Lipinski definition) is 3. The summed E-state index contributed by atoms with van der Waals surface area (Å²) in [5, 5.41) is 4.09. The van der Waals surface area contributed by atoms with Crippen LogP contribution in [-0.2, 0) is 32.9 Å². The van der Waals surface area contributed by atoms with Crippen molar-refractivity contribution < 1.29 is 20.1 Å². The van der Waals surface area contributed by atoms with E-state index in [0.29, 0.717) is 0 Å². The Kier molecular flexibility index (Phi) is 12.9. The Morgan fingerprint density at radius 2 is 1.45 bits per heavy atom. The summed E-state index contributed by atoms with van der Waals surface area (Å²) in [6.07, 6.45) is 13.2. The summed E-state index contributed by atoms with van der Waals surface area (Å²) >= 11 is 1.86. The number of thiophene rings is 1. The van der Waals surface area contributed by atoms with Gasteiger partial charge in [-0.1, -0.05) is 170 Å². The molecule has 56 heavy (non-hydrogen) atoms. The molecular formula is C51H48IrN2SSi-2. The normalized spacial score (nSPS) is 13.2. The first kappa shape index (κ1) is 39.7. The molecule has 0 bridgehead atoms. The third-order valence-electron chi connectivity index (χ3n) is 10.9. The maximum Gasteiger partial charge on any atom is 0.0799 e. The van der Waals surface area contributed by atoms with Crippen molar-refractivity contribution in [2.45, 2.75) is 64.6 Å². The third-order valence-corrected chi connectivity index (χ3v) is 14.1. The zero-order chi connectivity index (χ0) is 37.6. The SMILES string of the molecule is C[Si](C)(C)c1cnc(-c2[c-]cccc2)cc1Cc1ccccc1.[Ir].[c-]1cc(-c2ccccc2)c2c(sc3ccccc32)c1-c1cc(CC2CCCCC2)ccn1. The average Bonchev–Trinajstić information content (AvgIpc) is 3.62. The second kappa shape index (κ2) is 18.2. The number of pyridine rings is 2. The average molecular weight is 941 g/mol. The zero-order valence-electron chi connectivity index (χ0n) is 32.5. The molecule has 2 nitrogen and oxygen atoms in total. The van der Waals surface area contributed by atoms with Crippen molar-refractivity contribution in [3.63, 3.8) is 0 Å². The smallest absolute Gasteiger partial charge is 0.0799 e. The van der Waals surface area contributed by atoms with Gasteiger partial charge in [0.2, 0.25) is 0 Å². The first-order chi connectivity index (χ1) is 26.9. The first-order valence-electron chi connectivity index (χ1n) is 19.8. The van der Waals surface area contributed by atoms with Gasteiger partial charge >= 0.3 is 0 Å². The van der Waals surface area contributed by atoms with Gasteiger partial charge in [-0.2, -0.15) is 11.3 Å². The molecule has 0 amide bonds. The molecule has 0 atom stereocenters. The monoisotopic (exact) mass is 941 g/mol. The van der Waals surface area contributed by atoms with E-state index in [0.717, 1.165) is 34.9 Å². The summed E-state index contributed by atoms with van der Waals surface area (Å²) in [4.78, 5) is 9.52. The standard InChI is InChI=1S/C30H26NS.C21H22NSi.Ir/c1-3-9-21(10-4-1)19-22-17-18-31-27(20-22)25-16-15-24(23-11-5-2-6-12-23)29-26-13-7-8-14-28(26)32-30(25)29;1-23(2,3)21-16-22-20(18-12-8-5-9-13-18)15-19(21)14-17-10-6-4-7-11-17;/h2,5-8,11-15,17-18,20-21H,1,3-4,9-10,19H2;4-12,15-16H,14H2,1-3H3;/q2*-1;. The molecule has 1 fully saturated rings. The van der Waals surface area contributed by atoms with E-state index >= 15 is 0 Å². The Bertz CT molecular complexity index is 2500. The second-order valence-electron chi connectivity index (χ2n) is 15.9. The molecule has 283 valence electrons. The number of fused-ring (bicyclic) bond motifs is 3. The Hall–Kier alpha value is -4.51. The van der Waals surface area contributed by atoms with Gasteiger partial charge in [-0.05, 0) is 63.1 Å². The molecule has 1 aliphatic carbocycles. The van der Waals surface area contributed by atoms with E-state index in [9.17, 15) is 0 Å². The fourth-order valence-corrected chi connectivity index (χ4v) is 10.9. The fourth-order valence-electron chi connectivity index (χ4n) is 8.10. The van der Waals surface area contributed by atoms with E-state index in [2.05, 4.69) is 153 Å². The van der Waals surface area contributed by atoms with Crippen LogP contribution in [0, 0.1) is 18.1 Å². The quantitative estimate of drug-likeness (QED) is 0.112. The predicted octanol–water partition coefficient (Wildman–Crippen LogP) is 13.4. The molecule has 0 saturated heterocycles. The number of benzene rings is 5. The van der Waals surface area contributed by atoms with Crippen LogP contribution in [0.25, 0.3) is 53.8 Å². The van der Waals surface area contributed by atoms with Gasteiger partial charge in [-0.25, -0.2) is 0 Å². The number of rotatable bonds is 8. The molecule has 5 aromatic carbocycles. The zero-order valence-corrected chi connectivity index (χ0v) is 36.7. The topological polar surface area (TPSA) is 25.8 Å². The van der Waals surface area contributed by atoms with Gasteiger partial charge in [0.1, 0.15) is 0 Å². The molecule has 3 heterocycles. The molecular weight excluding hydrogens is 893 g/mol.